The summed E-state index contributed by atoms with van der Waals surface area (Å²) in [5, 5.41) is 7.07. The SMILES string of the molecule is COc1ccc(Cl)cc1C=NNC(=O)CC(=O)Nc1ccc(C)cc1C. The number of methoxy groups -OCH3 is 1. The fraction of sp³-hybridized carbons (Fsp3) is 0.211. The van der Waals surface area contributed by atoms with Gasteiger partial charge in [0.25, 0.3) is 0 Å². The summed E-state index contributed by atoms with van der Waals surface area (Å²) in [6.07, 6.45) is 1.07. The summed E-state index contributed by atoms with van der Waals surface area (Å²) in [6.45, 7) is 3.87. The molecule has 0 saturated heterocycles. The van der Waals surface area contributed by atoms with Crippen LogP contribution in [0.5, 0.6) is 5.75 Å². The monoisotopic (exact) mass is 373 g/mol. The Hall–Kier alpha value is -2.86. The van der Waals surface area contributed by atoms with Crippen LogP contribution < -0.4 is 15.5 Å². The summed E-state index contributed by atoms with van der Waals surface area (Å²) < 4.78 is 5.18. The maximum absolute atomic E-state index is 12.0. The van der Waals surface area contributed by atoms with Gasteiger partial charge in [0.2, 0.25) is 11.8 Å². The number of benzene rings is 2. The second kappa shape index (κ2) is 9.01. The first-order valence-electron chi connectivity index (χ1n) is 7.91. The zero-order valence-corrected chi connectivity index (χ0v) is 15.6. The standard InChI is InChI=1S/C19H20ClN3O3/c1-12-4-6-16(13(2)8-12)22-18(24)10-19(25)23-21-11-14-9-15(20)5-7-17(14)26-3/h4-9,11H,10H2,1-3H3,(H,22,24)(H,23,25). The van der Waals surface area contributed by atoms with Crippen LogP contribution in [0.4, 0.5) is 5.69 Å². The van der Waals surface area contributed by atoms with Crippen molar-refractivity contribution in [2.24, 2.45) is 5.10 Å². The molecule has 2 rings (SSSR count). The number of rotatable bonds is 6. The van der Waals surface area contributed by atoms with Crippen LogP contribution in [0, 0.1) is 13.8 Å². The molecule has 2 amide bonds. The molecule has 0 aromatic heterocycles. The van der Waals surface area contributed by atoms with Crippen molar-refractivity contribution in [3.05, 3.63) is 58.1 Å². The number of amides is 2. The first-order valence-corrected chi connectivity index (χ1v) is 8.29. The first kappa shape index (κ1) is 19.5. The lowest BCUT2D eigenvalue weighted by molar-refractivity contribution is -0.126. The number of carbonyl (C=O) groups excluding carboxylic acids is 2. The molecule has 0 aliphatic carbocycles. The van der Waals surface area contributed by atoms with E-state index in [0.717, 1.165) is 11.1 Å². The normalized spacial score (nSPS) is 10.6. The van der Waals surface area contributed by atoms with Gasteiger partial charge in [0.15, 0.2) is 0 Å². The molecule has 0 aliphatic heterocycles. The van der Waals surface area contributed by atoms with E-state index in [1.54, 1.807) is 18.2 Å². The molecule has 2 aromatic rings. The fourth-order valence-electron chi connectivity index (χ4n) is 2.31. The predicted octanol–water partition coefficient (Wildman–Crippen LogP) is 3.44. The van der Waals surface area contributed by atoms with Crippen LogP contribution in [0.15, 0.2) is 41.5 Å². The second-order valence-corrected chi connectivity index (χ2v) is 6.16. The van der Waals surface area contributed by atoms with Gasteiger partial charge in [0.1, 0.15) is 12.2 Å². The zero-order valence-electron chi connectivity index (χ0n) is 14.8. The number of ether oxygens (including phenoxy) is 1. The van der Waals surface area contributed by atoms with Crippen LogP contribution in [-0.4, -0.2) is 25.1 Å². The van der Waals surface area contributed by atoms with E-state index in [2.05, 4.69) is 15.8 Å². The molecule has 26 heavy (non-hydrogen) atoms. The van der Waals surface area contributed by atoms with Crippen LogP contribution >= 0.6 is 11.6 Å². The van der Waals surface area contributed by atoms with Crippen molar-refractivity contribution in [1.29, 1.82) is 0 Å². The maximum Gasteiger partial charge on any atom is 0.249 e. The van der Waals surface area contributed by atoms with E-state index in [9.17, 15) is 9.59 Å². The van der Waals surface area contributed by atoms with Crippen molar-refractivity contribution in [2.75, 3.05) is 12.4 Å². The van der Waals surface area contributed by atoms with E-state index < -0.39 is 11.8 Å². The lowest BCUT2D eigenvalue weighted by Crippen LogP contribution is -2.24. The quantitative estimate of drug-likeness (QED) is 0.462. The molecule has 0 bridgehead atoms. The third-order valence-electron chi connectivity index (χ3n) is 3.56. The van der Waals surface area contributed by atoms with Gasteiger partial charge in [-0.2, -0.15) is 5.10 Å². The molecule has 2 aromatic carbocycles. The molecule has 0 saturated carbocycles. The van der Waals surface area contributed by atoms with Gasteiger partial charge in [-0.25, -0.2) is 5.43 Å². The molecule has 7 heteroatoms. The van der Waals surface area contributed by atoms with Gasteiger partial charge in [-0.05, 0) is 43.7 Å². The molecule has 136 valence electrons. The van der Waals surface area contributed by atoms with Gasteiger partial charge in [0.05, 0.1) is 13.3 Å². The average Bonchev–Trinajstić information content (AvgIpc) is 2.57. The maximum atomic E-state index is 12.0. The zero-order chi connectivity index (χ0) is 19.1. The summed E-state index contributed by atoms with van der Waals surface area (Å²) in [5.74, 6) is -0.366. The van der Waals surface area contributed by atoms with E-state index in [-0.39, 0.29) is 6.42 Å². The first-order chi connectivity index (χ1) is 12.4. The number of hydrogen-bond donors (Lipinski definition) is 2. The molecule has 0 fully saturated rings. The smallest absolute Gasteiger partial charge is 0.249 e. The van der Waals surface area contributed by atoms with E-state index in [4.69, 9.17) is 16.3 Å². The van der Waals surface area contributed by atoms with Crippen LogP contribution in [0.1, 0.15) is 23.1 Å². The van der Waals surface area contributed by atoms with Gasteiger partial charge in [-0.3, -0.25) is 9.59 Å². The number of anilines is 1. The van der Waals surface area contributed by atoms with Crippen molar-refractivity contribution in [1.82, 2.24) is 5.43 Å². The molecule has 6 nitrogen and oxygen atoms in total. The molecule has 0 atom stereocenters. The van der Waals surface area contributed by atoms with E-state index in [0.29, 0.717) is 22.0 Å². The molecule has 0 heterocycles. The number of aryl methyl sites for hydroxylation is 2. The van der Waals surface area contributed by atoms with Gasteiger partial charge >= 0.3 is 0 Å². The Labute approximate surface area is 157 Å². The third-order valence-corrected chi connectivity index (χ3v) is 3.80. The molecular weight excluding hydrogens is 354 g/mol. The number of hydrazone groups is 1. The van der Waals surface area contributed by atoms with E-state index >= 15 is 0 Å². The van der Waals surface area contributed by atoms with Crippen LogP contribution in [-0.2, 0) is 9.59 Å². The Morgan fingerprint density at radius 1 is 1.15 bits per heavy atom. The Morgan fingerprint density at radius 3 is 2.62 bits per heavy atom. The van der Waals surface area contributed by atoms with Crippen LogP contribution in [0.25, 0.3) is 0 Å². The summed E-state index contributed by atoms with van der Waals surface area (Å²) in [7, 11) is 1.52. The van der Waals surface area contributed by atoms with Gasteiger partial charge < -0.3 is 10.1 Å². The summed E-state index contributed by atoms with van der Waals surface area (Å²) >= 11 is 5.93. The highest BCUT2D eigenvalue weighted by molar-refractivity contribution is 6.30. The van der Waals surface area contributed by atoms with Gasteiger partial charge in [-0.15, -0.1) is 0 Å². The fourth-order valence-corrected chi connectivity index (χ4v) is 2.49. The van der Waals surface area contributed by atoms with Crippen molar-refractivity contribution in [3.8, 4) is 5.75 Å². The Morgan fingerprint density at radius 2 is 1.92 bits per heavy atom. The molecular formula is C19H20ClN3O3. The highest BCUT2D eigenvalue weighted by atomic mass is 35.5. The lowest BCUT2D eigenvalue weighted by atomic mass is 10.1. The molecule has 2 N–H and O–H groups in total. The minimum atomic E-state index is -0.524. The van der Waals surface area contributed by atoms with Crippen molar-refractivity contribution < 1.29 is 14.3 Å². The Kier molecular flexibility index (Phi) is 6.74. The number of nitrogens with one attached hydrogen (secondary N) is 2. The third kappa shape index (κ3) is 5.60. The predicted molar refractivity (Wildman–Crippen MR) is 103 cm³/mol. The molecule has 0 radical (unpaired) electrons. The lowest BCUT2D eigenvalue weighted by Gasteiger charge is -2.08. The molecule has 0 unspecified atom stereocenters. The second-order valence-electron chi connectivity index (χ2n) is 5.72. The van der Waals surface area contributed by atoms with E-state index in [1.807, 2.05) is 32.0 Å². The summed E-state index contributed by atoms with van der Waals surface area (Å²) in [6, 6.07) is 10.7. The van der Waals surface area contributed by atoms with E-state index in [1.165, 1.54) is 13.3 Å². The summed E-state index contributed by atoms with van der Waals surface area (Å²) in [5.41, 5.74) is 5.64. The minimum absolute atomic E-state index is 0.336. The van der Waals surface area contributed by atoms with Crippen LogP contribution in [0.2, 0.25) is 5.02 Å². The van der Waals surface area contributed by atoms with Crippen molar-refractivity contribution in [2.45, 2.75) is 20.3 Å². The number of nitrogens with zero attached hydrogens (tertiary/aromatic N) is 1. The number of halogens is 1. The van der Waals surface area contributed by atoms with Crippen molar-refractivity contribution >= 4 is 35.3 Å². The Balaban J connectivity index is 1.90. The topological polar surface area (TPSA) is 79.8 Å². The largest absolute Gasteiger partial charge is 0.496 e. The van der Waals surface area contributed by atoms with Crippen molar-refractivity contribution in [3.63, 3.8) is 0 Å². The highest BCUT2D eigenvalue weighted by Crippen LogP contribution is 2.20. The highest BCUT2D eigenvalue weighted by Gasteiger charge is 2.10. The summed E-state index contributed by atoms with van der Waals surface area (Å²) in [4.78, 5) is 23.8. The average molecular weight is 374 g/mol. The Bertz CT molecular complexity index is 850. The minimum Gasteiger partial charge on any atom is -0.496 e. The number of carbonyl (C=O) groups is 2. The number of hydrogen-bond acceptors (Lipinski definition) is 4. The molecule has 0 spiro atoms. The van der Waals surface area contributed by atoms with Gasteiger partial charge in [0, 0.05) is 16.3 Å². The molecule has 0 aliphatic rings. The van der Waals surface area contributed by atoms with Crippen LogP contribution in [0.3, 0.4) is 0 Å². The van der Waals surface area contributed by atoms with Gasteiger partial charge in [-0.1, -0.05) is 29.3 Å².